The summed E-state index contributed by atoms with van der Waals surface area (Å²) in [5.74, 6) is -1.63. The second-order valence-corrected chi connectivity index (χ2v) is 6.84. The summed E-state index contributed by atoms with van der Waals surface area (Å²) < 4.78 is 28.7. The van der Waals surface area contributed by atoms with Crippen molar-refractivity contribution in [1.82, 2.24) is 0 Å². The smallest absolute Gasteiger partial charge is 0.309 e. The Kier molecular flexibility index (Phi) is 5.28. The molecule has 0 spiro atoms. The third-order valence-corrected chi connectivity index (χ3v) is 4.71. The number of nitriles is 1. The summed E-state index contributed by atoms with van der Waals surface area (Å²) in [5.41, 5.74) is 1.88. The molecule has 0 aliphatic rings. The van der Waals surface area contributed by atoms with Gasteiger partial charge in [0.15, 0.2) is 9.84 Å². The Labute approximate surface area is 119 Å². The van der Waals surface area contributed by atoms with Crippen LogP contribution in [0.25, 0.3) is 0 Å². The molecule has 0 fully saturated rings. The van der Waals surface area contributed by atoms with Gasteiger partial charge >= 0.3 is 5.97 Å². The molecule has 0 radical (unpaired) electrons. The molecule has 0 N–H and O–H groups in total. The predicted octanol–water partition coefficient (Wildman–Crippen LogP) is 1.59. The number of hydrogen-bond acceptors (Lipinski definition) is 5. The van der Waals surface area contributed by atoms with Gasteiger partial charge in [0.1, 0.15) is 0 Å². The van der Waals surface area contributed by atoms with E-state index >= 15 is 0 Å². The number of benzene rings is 1. The van der Waals surface area contributed by atoms with Crippen molar-refractivity contribution in [3.8, 4) is 6.07 Å². The van der Waals surface area contributed by atoms with Crippen LogP contribution in [-0.4, -0.2) is 27.2 Å². The third-order valence-electron chi connectivity index (χ3n) is 2.95. The zero-order chi connectivity index (χ0) is 15.3. The average molecular weight is 295 g/mol. The number of rotatable bonds is 5. The number of esters is 1. The number of sulfone groups is 1. The van der Waals surface area contributed by atoms with Crippen LogP contribution >= 0.6 is 0 Å². The maximum absolute atomic E-state index is 12.1. The second kappa shape index (κ2) is 6.53. The van der Waals surface area contributed by atoms with Gasteiger partial charge in [-0.2, -0.15) is 5.26 Å². The lowest BCUT2D eigenvalue weighted by Crippen LogP contribution is -2.23. The van der Waals surface area contributed by atoms with Crippen LogP contribution in [-0.2, 0) is 25.1 Å². The summed E-state index contributed by atoms with van der Waals surface area (Å²) >= 11 is 0. The lowest BCUT2D eigenvalue weighted by molar-refractivity contribution is -0.144. The van der Waals surface area contributed by atoms with Crippen LogP contribution in [0, 0.1) is 24.2 Å². The van der Waals surface area contributed by atoms with Crippen molar-refractivity contribution in [2.24, 2.45) is 5.92 Å². The summed E-state index contributed by atoms with van der Waals surface area (Å²) in [6.07, 6.45) is 0. The molecule has 0 saturated heterocycles. The van der Waals surface area contributed by atoms with E-state index in [9.17, 15) is 13.2 Å². The zero-order valence-electron chi connectivity index (χ0n) is 11.7. The van der Waals surface area contributed by atoms with E-state index in [1.807, 2.05) is 6.07 Å². The molecule has 6 heteroatoms. The molecule has 20 heavy (non-hydrogen) atoms. The zero-order valence-corrected chi connectivity index (χ0v) is 12.5. The molecule has 1 rings (SSSR count). The van der Waals surface area contributed by atoms with Crippen molar-refractivity contribution in [2.75, 3.05) is 12.9 Å². The normalized spacial score (nSPS) is 12.5. The first kappa shape index (κ1) is 16.2. The number of methoxy groups -OCH3 is 1. The van der Waals surface area contributed by atoms with Crippen molar-refractivity contribution in [3.63, 3.8) is 0 Å². The molecule has 0 aromatic heterocycles. The molecule has 0 heterocycles. The number of carbonyl (C=O) groups is 1. The number of aryl methyl sites for hydroxylation is 1. The van der Waals surface area contributed by atoms with Gasteiger partial charge in [-0.3, -0.25) is 4.79 Å². The van der Waals surface area contributed by atoms with E-state index in [1.165, 1.54) is 14.0 Å². The topological polar surface area (TPSA) is 84.2 Å². The molecular weight excluding hydrogens is 278 g/mol. The van der Waals surface area contributed by atoms with Crippen LogP contribution in [0.1, 0.15) is 23.6 Å². The first-order valence-electron chi connectivity index (χ1n) is 6.07. The van der Waals surface area contributed by atoms with E-state index in [2.05, 4.69) is 4.74 Å². The van der Waals surface area contributed by atoms with E-state index < -0.39 is 21.7 Å². The number of ether oxygens (including phenoxy) is 1. The van der Waals surface area contributed by atoms with Gasteiger partial charge in [0, 0.05) is 0 Å². The summed E-state index contributed by atoms with van der Waals surface area (Å²) in [7, 11) is -2.18. The molecule has 1 atom stereocenters. The fourth-order valence-electron chi connectivity index (χ4n) is 1.87. The van der Waals surface area contributed by atoms with Crippen molar-refractivity contribution in [1.29, 1.82) is 5.26 Å². The largest absolute Gasteiger partial charge is 0.469 e. The van der Waals surface area contributed by atoms with E-state index in [0.29, 0.717) is 11.1 Å². The average Bonchev–Trinajstić information content (AvgIpc) is 2.39. The Morgan fingerprint density at radius 1 is 1.45 bits per heavy atom. The van der Waals surface area contributed by atoms with Crippen LogP contribution in [0.5, 0.6) is 0 Å². The molecule has 5 nitrogen and oxygen atoms in total. The first-order valence-corrected chi connectivity index (χ1v) is 7.89. The molecule has 1 aromatic rings. The van der Waals surface area contributed by atoms with E-state index in [0.717, 1.165) is 5.56 Å². The van der Waals surface area contributed by atoms with Gasteiger partial charge in [-0.25, -0.2) is 8.42 Å². The molecule has 0 bridgehead atoms. The SMILES string of the molecule is COC(=O)C(C)CS(=O)(=O)Cc1ccc(C#N)cc1C. The van der Waals surface area contributed by atoms with E-state index in [-0.39, 0.29) is 11.5 Å². The molecule has 1 unspecified atom stereocenters. The number of hydrogen-bond donors (Lipinski definition) is 0. The van der Waals surface area contributed by atoms with Crippen LogP contribution in [0.15, 0.2) is 18.2 Å². The van der Waals surface area contributed by atoms with Crippen molar-refractivity contribution in [2.45, 2.75) is 19.6 Å². The van der Waals surface area contributed by atoms with Gasteiger partial charge in [0.05, 0.1) is 36.2 Å². The van der Waals surface area contributed by atoms with Crippen LogP contribution in [0.2, 0.25) is 0 Å². The fraction of sp³-hybridized carbons (Fsp3) is 0.429. The highest BCUT2D eigenvalue weighted by atomic mass is 32.2. The minimum atomic E-state index is -3.41. The van der Waals surface area contributed by atoms with E-state index in [1.54, 1.807) is 25.1 Å². The standard InChI is InChI=1S/C14H17NO4S/c1-10-6-12(7-15)4-5-13(10)9-20(17,18)8-11(2)14(16)19-3/h4-6,11H,8-9H2,1-3H3. The van der Waals surface area contributed by atoms with Crippen molar-refractivity contribution < 1.29 is 17.9 Å². The summed E-state index contributed by atoms with van der Waals surface area (Å²) in [6.45, 7) is 3.28. The molecule has 0 saturated carbocycles. The summed E-state index contributed by atoms with van der Waals surface area (Å²) in [5, 5.41) is 8.77. The molecule has 0 aliphatic heterocycles. The highest BCUT2D eigenvalue weighted by Gasteiger charge is 2.23. The van der Waals surface area contributed by atoms with E-state index in [4.69, 9.17) is 5.26 Å². The highest BCUT2D eigenvalue weighted by Crippen LogP contribution is 2.16. The fourth-order valence-corrected chi connectivity index (χ4v) is 3.69. The summed E-state index contributed by atoms with van der Waals surface area (Å²) in [4.78, 5) is 11.3. The first-order chi connectivity index (χ1) is 9.29. The van der Waals surface area contributed by atoms with Crippen LogP contribution in [0.4, 0.5) is 0 Å². The monoisotopic (exact) mass is 295 g/mol. The third kappa shape index (κ3) is 4.35. The minimum absolute atomic E-state index is 0.147. The Morgan fingerprint density at radius 2 is 2.10 bits per heavy atom. The van der Waals surface area contributed by atoms with Crippen LogP contribution in [0.3, 0.4) is 0 Å². The minimum Gasteiger partial charge on any atom is -0.469 e. The second-order valence-electron chi connectivity index (χ2n) is 4.73. The molecule has 1 aromatic carbocycles. The predicted molar refractivity (Wildman–Crippen MR) is 74.6 cm³/mol. The number of carbonyl (C=O) groups excluding carboxylic acids is 1. The molecule has 0 amide bonds. The molecular formula is C14H17NO4S. The maximum atomic E-state index is 12.1. The van der Waals surface area contributed by atoms with Crippen molar-refractivity contribution in [3.05, 3.63) is 34.9 Å². The van der Waals surface area contributed by atoms with Gasteiger partial charge < -0.3 is 4.74 Å². The Hall–Kier alpha value is -1.87. The quantitative estimate of drug-likeness (QED) is 0.770. The van der Waals surface area contributed by atoms with Gasteiger partial charge in [0.2, 0.25) is 0 Å². The molecule has 0 aliphatic carbocycles. The number of nitrogens with zero attached hydrogens (tertiary/aromatic N) is 1. The van der Waals surface area contributed by atoms with Gasteiger partial charge in [0.25, 0.3) is 0 Å². The Bertz CT molecular complexity index is 644. The van der Waals surface area contributed by atoms with Gasteiger partial charge in [-0.1, -0.05) is 13.0 Å². The summed E-state index contributed by atoms with van der Waals surface area (Å²) in [6, 6.07) is 6.87. The maximum Gasteiger partial charge on any atom is 0.309 e. The van der Waals surface area contributed by atoms with Crippen LogP contribution < -0.4 is 0 Å². The lowest BCUT2D eigenvalue weighted by atomic mass is 10.1. The molecule has 108 valence electrons. The van der Waals surface area contributed by atoms with Gasteiger partial charge in [-0.15, -0.1) is 0 Å². The van der Waals surface area contributed by atoms with Gasteiger partial charge in [-0.05, 0) is 30.2 Å². The Morgan fingerprint density at radius 3 is 2.60 bits per heavy atom. The Balaban J connectivity index is 2.87. The lowest BCUT2D eigenvalue weighted by Gasteiger charge is -2.11. The van der Waals surface area contributed by atoms with Crippen molar-refractivity contribution >= 4 is 15.8 Å². The highest BCUT2D eigenvalue weighted by molar-refractivity contribution is 7.90.